The minimum Gasteiger partial charge on any atom is -0.508 e. The zero-order valence-electron chi connectivity index (χ0n) is 16.5. The van der Waals surface area contributed by atoms with Crippen LogP contribution in [0.25, 0.3) is 0 Å². The first-order valence-corrected chi connectivity index (χ1v) is 9.68. The maximum absolute atomic E-state index is 12.6. The Morgan fingerprint density at radius 1 is 1.03 bits per heavy atom. The first kappa shape index (κ1) is 20.3. The molecule has 0 radical (unpaired) electrons. The number of benzene rings is 3. The molecule has 0 aromatic heterocycles. The van der Waals surface area contributed by atoms with Crippen LogP contribution in [0.5, 0.6) is 23.0 Å². The van der Waals surface area contributed by atoms with Crippen LogP contribution in [0, 0.1) is 0 Å². The lowest BCUT2D eigenvalue weighted by molar-refractivity contribution is -0.147. The fourth-order valence-corrected chi connectivity index (χ4v) is 3.29. The van der Waals surface area contributed by atoms with Crippen molar-refractivity contribution in [1.82, 2.24) is 0 Å². The minimum absolute atomic E-state index is 0.0529. The number of carbonyl (C=O) groups is 2. The van der Waals surface area contributed by atoms with Crippen molar-refractivity contribution in [3.63, 3.8) is 0 Å². The van der Waals surface area contributed by atoms with Crippen molar-refractivity contribution >= 4 is 11.8 Å². The fourth-order valence-electron chi connectivity index (χ4n) is 3.29. The monoisotopic (exact) mass is 420 g/mol. The molecule has 0 amide bonds. The van der Waals surface area contributed by atoms with Gasteiger partial charge in [0, 0.05) is 12.1 Å². The standard InChI is InChI=1S/C24H20O7/c25-17-8-6-16(7-9-17)21-12-20(27)24-19(26)10-18(11-22(24)31-21)29-14-23(28)30-13-15-4-2-1-3-5-15/h1-11,21,25-26H,12-14H2. The molecule has 2 N–H and O–H groups in total. The lowest BCUT2D eigenvalue weighted by Crippen LogP contribution is -2.21. The Hall–Kier alpha value is -4.00. The summed E-state index contributed by atoms with van der Waals surface area (Å²) in [5.74, 6) is -0.669. The third kappa shape index (κ3) is 4.78. The van der Waals surface area contributed by atoms with E-state index >= 15 is 0 Å². The third-order valence-corrected chi connectivity index (χ3v) is 4.84. The molecular weight excluding hydrogens is 400 g/mol. The van der Waals surface area contributed by atoms with Crippen LogP contribution in [0.15, 0.2) is 66.7 Å². The number of esters is 1. The number of Topliss-reactive ketones (excluding diaryl/α,β-unsaturated/α-hetero) is 1. The third-order valence-electron chi connectivity index (χ3n) is 4.84. The molecule has 1 unspecified atom stereocenters. The summed E-state index contributed by atoms with van der Waals surface area (Å²) in [6, 6.07) is 18.3. The Morgan fingerprint density at radius 3 is 2.52 bits per heavy atom. The normalized spacial score (nSPS) is 15.0. The van der Waals surface area contributed by atoms with Crippen LogP contribution in [-0.2, 0) is 16.1 Å². The van der Waals surface area contributed by atoms with Crippen molar-refractivity contribution in [2.75, 3.05) is 6.61 Å². The number of rotatable bonds is 6. The molecule has 1 aliphatic heterocycles. The number of hydrogen-bond donors (Lipinski definition) is 2. The molecule has 0 aliphatic carbocycles. The van der Waals surface area contributed by atoms with Crippen LogP contribution in [0.2, 0.25) is 0 Å². The molecule has 0 fully saturated rings. The molecule has 31 heavy (non-hydrogen) atoms. The predicted molar refractivity (Wildman–Crippen MR) is 110 cm³/mol. The van der Waals surface area contributed by atoms with Crippen LogP contribution >= 0.6 is 0 Å². The topological polar surface area (TPSA) is 102 Å². The van der Waals surface area contributed by atoms with Gasteiger partial charge in [-0.2, -0.15) is 0 Å². The Labute approximate surface area is 178 Å². The average Bonchev–Trinajstić information content (AvgIpc) is 2.77. The molecule has 3 aromatic carbocycles. The lowest BCUT2D eigenvalue weighted by atomic mass is 9.95. The first-order valence-electron chi connectivity index (χ1n) is 9.68. The zero-order chi connectivity index (χ0) is 21.8. The molecule has 0 bridgehead atoms. The molecule has 7 heteroatoms. The second-order valence-corrected chi connectivity index (χ2v) is 7.08. The van der Waals surface area contributed by atoms with Gasteiger partial charge in [-0.05, 0) is 23.3 Å². The van der Waals surface area contributed by atoms with E-state index in [0.29, 0.717) is 5.56 Å². The van der Waals surface area contributed by atoms with Gasteiger partial charge in [0.25, 0.3) is 0 Å². The quantitative estimate of drug-likeness (QED) is 0.583. The van der Waals surface area contributed by atoms with E-state index in [0.717, 1.165) is 5.56 Å². The number of ether oxygens (including phenoxy) is 3. The molecule has 1 atom stereocenters. The summed E-state index contributed by atoms with van der Waals surface area (Å²) in [7, 11) is 0. The summed E-state index contributed by atoms with van der Waals surface area (Å²) in [5.41, 5.74) is 1.65. The van der Waals surface area contributed by atoms with E-state index < -0.39 is 12.1 Å². The van der Waals surface area contributed by atoms with E-state index in [1.54, 1.807) is 12.1 Å². The van der Waals surface area contributed by atoms with Gasteiger partial charge >= 0.3 is 5.97 Å². The molecule has 7 nitrogen and oxygen atoms in total. The molecule has 0 spiro atoms. The van der Waals surface area contributed by atoms with Crippen molar-refractivity contribution in [2.45, 2.75) is 19.1 Å². The lowest BCUT2D eigenvalue weighted by Gasteiger charge is -2.26. The van der Waals surface area contributed by atoms with E-state index in [4.69, 9.17) is 14.2 Å². The summed E-state index contributed by atoms with van der Waals surface area (Å²) in [6.07, 6.45) is -0.511. The second kappa shape index (κ2) is 8.79. The number of ketones is 1. The predicted octanol–water partition coefficient (Wildman–Crippen LogP) is 3.93. The van der Waals surface area contributed by atoms with Gasteiger partial charge in [0.15, 0.2) is 12.4 Å². The average molecular weight is 420 g/mol. The first-order chi connectivity index (χ1) is 15.0. The molecule has 4 rings (SSSR count). The van der Waals surface area contributed by atoms with Crippen LogP contribution in [0.1, 0.15) is 34.0 Å². The summed E-state index contributed by atoms with van der Waals surface area (Å²) in [4.78, 5) is 24.5. The van der Waals surface area contributed by atoms with Crippen LogP contribution in [0.4, 0.5) is 0 Å². The van der Waals surface area contributed by atoms with Crippen molar-refractivity contribution in [3.8, 4) is 23.0 Å². The van der Waals surface area contributed by atoms with E-state index in [2.05, 4.69) is 0 Å². The highest BCUT2D eigenvalue weighted by Crippen LogP contribution is 2.42. The van der Waals surface area contributed by atoms with E-state index in [1.165, 1.54) is 24.3 Å². The van der Waals surface area contributed by atoms with Gasteiger partial charge in [-0.15, -0.1) is 0 Å². The number of aromatic hydroxyl groups is 2. The van der Waals surface area contributed by atoms with Gasteiger partial charge in [-0.3, -0.25) is 4.79 Å². The summed E-state index contributed by atoms with van der Waals surface area (Å²) >= 11 is 0. The van der Waals surface area contributed by atoms with Crippen molar-refractivity contribution in [3.05, 3.63) is 83.4 Å². The van der Waals surface area contributed by atoms with Crippen molar-refractivity contribution < 1.29 is 34.0 Å². The highest BCUT2D eigenvalue weighted by Gasteiger charge is 2.31. The molecule has 0 saturated carbocycles. The zero-order valence-corrected chi connectivity index (χ0v) is 16.5. The van der Waals surface area contributed by atoms with E-state index in [1.807, 2.05) is 30.3 Å². The molecule has 158 valence electrons. The number of phenolic OH excluding ortho intramolecular Hbond substituents is 2. The number of hydrogen-bond acceptors (Lipinski definition) is 7. The molecule has 0 saturated heterocycles. The second-order valence-electron chi connectivity index (χ2n) is 7.08. The van der Waals surface area contributed by atoms with E-state index in [9.17, 15) is 19.8 Å². The molecule has 1 heterocycles. The van der Waals surface area contributed by atoms with Crippen LogP contribution < -0.4 is 9.47 Å². The largest absolute Gasteiger partial charge is 0.508 e. The maximum Gasteiger partial charge on any atom is 0.344 e. The Kier molecular flexibility index (Phi) is 5.75. The molecular formula is C24H20O7. The molecule has 1 aliphatic rings. The Balaban J connectivity index is 1.43. The summed E-state index contributed by atoms with van der Waals surface area (Å²) in [6.45, 7) is -0.231. The van der Waals surface area contributed by atoms with Gasteiger partial charge in [-0.1, -0.05) is 42.5 Å². The van der Waals surface area contributed by atoms with Crippen LogP contribution in [0.3, 0.4) is 0 Å². The van der Waals surface area contributed by atoms with Crippen molar-refractivity contribution in [1.29, 1.82) is 0 Å². The SMILES string of the molecule is O=C(COc1cc(O)c2c(c1)OC(c1ccc(O)cc1)CC2=O)OCc1ccccc1. The fraction of sp³-hybridized carbons (Fsp3) is 0.167. The Bertz CT molecular complexity index is 1090. The maximum atomic E-state index is 12.6. The van der Waals surface area contributed by atoms with E-state index in [-0.39, 0.29) is 54.0 Å². The van der Waals surface area contributed by atoms with Gasteiger partial charge in [0.05, 0.1) is 6.42 Å². The van der Waals surface area contributed by atoms with Gasteiger partial charge in [-0.25, -0.2) is 4.79 Å². The van der Waals surface area contributed by atoms with Gasteiger partial charge in [0.2, 0.25) is 0 Å². The molecule has 3 aromatic rings. The number of phenols is 2. The van der Waals surface area contributed by atoms with Gasteiger partial charge < -0.3 is 24.4 Å². The number of fused-ring (bicyclic) bond motifs is 1. The van der Waals surface area contributed by atoms with Crippen LogP contribution in [-0.4, -0.2) is 28.6 Å². The Morgan fingerprint density at radius 2 is 1.77 bits per heavy atom. The van der Waals surface area contributed by atoms with Crippen molar-refractivity contribution in [2.24, 2.45) is 0 Å². The number of carbonyl (C=O) groups excluding carboxylic acids is 2. The summed E-state index contributed by atoms with van der Waals surface area (Å²) in [5, 5.41) is 19.7. The van der Waals surface area contributed by atoms with Gasteiger partial charge in [0.1, 0.15) is 41.3 Å². The highest BCUT2D eigenvalue weighted by atomic mass is 16.6. The smallest absolute Gasteiger partial charge is 0.344 e. The highest BCUT2D eigenvalue weighted by molar-refractivity contribution is 6.02. The minimum atomic E-state index is -0.569. The summed E-state index contributed by atoms with van der Waals surface area (Å²) < 4.78 is 16.5.